The van der Waals surface area contributed by atoms with Crippen LogP contribution < -0.4 is 0 Å². The molecule has 1 fully saturated rings. The molecule has 0 amide bonds. The van der Waals surface area contributed by atoms with Crippen molar-refractivity contribution in [2.45, 2.75) is 25.5 Å². The number of isothiocyanates is 1. The molecule has 1 aliphatic heterocycles. The topological polar surface area (TPSA) is 39.4 Å². The molecule has 0 radical (unpaired) electrons. The molecule has 0 N–H and O–H groups in total. The molecule has 1 unspecified atom stereocenters. The number of nitrogens with zero attached hydrogens (tertiary/aromatic N) is 3. The fraction of sp³-hybridized carbons (Fsp3) is 0.385. The number of thiocarbonyl (C=S) groups is 1. The molecule has 5 heteroatoms. The maximum Gasteiger partial charge on any atom is 0.150 e. The van der Waals surface area contributed by atoms with Crippen LogP contribution in [0, 0.1) is 0 Å². The summed E-state index contributed by atoms with van der Waals surface area (Å²) >= 11 is 4.61. The Morgan fingerprint density at radius 1 is 1.44 bits per heavy atom. The fourth-order valence-electron chi connectivity index (χ4n) is 2.31. The molecule has 2 heterocycles. The van der Waals surface area contributed by atoms with Crippen molar-refractivity contribution in [3.8, 4) is 0 Å². The van der Waals surface area contributed by atoms with Gasteiger partial charge in [-0.25, -0.2) is 4.68 Å². The first kappa shape index (κ1) is 11.5. The third-order valence-corrected chi connectivity index (χ3v) is 3.27. The zero-order chi connectivity index (χ0) is 12.4. The van der Waals surface area contributed by atoms with Crippen LogP contribution in [0.1, 0.15) is 25.5 Å². The normalized spacial score (nSPS) is 19.7. The molecule has 1 saturated heterocycles. The van der Waals surface area contributed by atoms with Gasteiger partial charge < -0.3 is 4.74 Å². The molecule has 1 aliphatic rings. The fourth-order valence-corrected chi connectivity index (χ4v) is 2.41. The number of fused-ring (bicyclic) bond motifs is 1. The van der Waals surface area contributed by atoms with E-state index in [1.54, 1.807) is 0 Å². The van der Waals surface area contributed by atoms with Gasteiger partial charge in [0.2, 0.25) is 0 Å². The average molecular weight is 259 g/mol. The lowest BCUT2D eigenvalue weighted by Crippen LogP contribution is -2.18. The maximum absolute atomic E-state index is 5.76. The molecule has 0 aliphatic carbocycles. The molecule has 0 saturated carbocycles. The Hall–Kier alpha value is -1.55. The minimum absolute atomic E-state index is 0.0658. The summed E-state index contributed by atoms with van der Waals surface area (Å²) in [6.45, 7) is 0.819. The van der Waals surface area contributed by atoms with Gasteiger partial charge in [-0.15, -0.1) is 0 Å². The van der Waals surface area contributed by atoms with Crippen LogP contribution in [-0.2, 0) is 4.74 Å². The molecule has 1 aromatic heterocycles. The average Bonchev–Trinajstić information content (AvgIpc) is 2.83. The van der Waals surface area contributed by atoms with Gasteiger partial charge in [-0.1, -0.05) is 0 Å². The second-order valence-electron chi connectivity index (χ2n) is 4.36. The smallest absolute Gasteiger partial charge is 0.150 e. The molecular weight excluding hydrogens is 246 g/mol. The van der Waals surface area contributed by atoms with Crippen LogP contribution in [0.2, 0.25) is 0 Å². The first-order valence-electron chi connectivity index (χ1n) is 6.05. The summed E-state index contributed by atoms with van der Waals surface area (Å²) in [5.41, 5.74) is 1.88. The summed E-state index contributed by atoms with van der Waals surface area (Å²) in [6.07, 6.45) is 5.27. The summed E-state index contributed by atoms with van der Waals surface area (Å²) in [6, 6.07) is 5.88. The van der Waals surface area contributed by atoms with Crippen molar-refractivity contribution in [3.63, 3.8) is 0 Å². The van der Waals surface area contributed by atoms with Crippen LogP contribution in [0.5, 0.6) is 0 Å². The Balaban J connectivity index is 2.01. The molecule has 4 nitrogen and oxygen atoms in total. The number of ether oxygens (including phenoxy) is 1. The van der Waals surface area contributed by atoms with Crippen LogP contribution in [0.25, 0.3) is 10.9 Å². The van der Waals surface area contributed by atoms with E-state index in [2.05, 4.69) is 27.5 Å². The molecule has 18 heavy (non-hydrogen) atoms. The highest BCUT2D eigenvalue weighted by Gasteiger charge is 2.18. The first-order chi connectivity index (χ1) is 8.88. The zero-order valence-electron chi connectivity index (χ0n) is 9.87. The summed E-state index contributed by atoms with van der Waals surface area (Å²) in [7, 11) is 0. The minimum Gasteiger partial charge on any atom is -0.356 e. The lowest BCUT2D eigenvalue weighted by atomic mass is 10.2. The standard InChI is InChI=1S/C13H13N3OS/c18-9-14-11-4-5-12-10(7-11)8-15-16(12)13-3-1-2-6-17-13/h4-5,7-8,13H,1-3,6H2. The number of aliphatic imine (C=N–C) groups is 1. The van der Waals surface area contributed by atoms with E-state index in [1.165, 1.54) is 6.42 Å². The quantitative estimate of drug-likeness (QED) is 0.612. The van der Waals surface area contributed by atoms with E-state index in [9.17, 15) is 0 Å². The van der Waals surface area contributed by atoms with E-state index < -0.39 is 0 Å². The van der Waals surface area contributed by atoms with E-state index in [4.69, 9.17) is 4.74 Å². The number of aromatic nitrogens is 2. The van der Waals surface area contributed by atoms with E-state index >= 15 is 0 Å². The molecule has 0 spiro atoms. The number of benzene rings is 1. The third-order valence-electron chi connectivity index (χ3n) is 3.18. The second-order valence-corrected chi connectivity index (χ2v) is 4.54. The third kappa shape index (κ3) is 2.08. The highest BCUT2D eigenvalue weighted by molar-refractivity contribution is 7.78. The van der Waals surface area contributed by atoms with Crippen molar-refractivity contribution < 1.29 is 4.74 Å². The van der Waals surface area contributed by atoms with E-state index in [1.807, 2.05) is 29.1 Å². The van der Waals surface area contributed by atoms with Crippen molar-refractivity contribution >= 4 is 34.0 Å². The van der Waals surface area contributed by atoms with E-state index in [0.717, 1.165) is 36.0 Å². The van der Waals surface area contributed by atoms with Crippen molar-refractivity contribution in [2.75, 3.05) is 6.61 Å². The van der Waals surface area contributed by atoms with Crippen molar-refractivity contribution in [3.05, 3.63) is 24.4 Å². The molecule has 92 valence electrons. The minimum atomic E-state index is 0.0658. The molecular formula is C13H13N3OS. The van der Waals surface area contributed by atoms with Gasteiger partial charge in [-0.2, -0.15) is 10.1 Å². The van der Waals surface area contributed by atoms with Crippen molar-refractivity contribution in [1.82, 2.24) is 9.78 Å². The molecule has 1 atom stereocenters. The second kappa shape index (κ2) is 4.98. The van der Waals surface area contributed by atoms with Crippen molar-refractivity contribution in [1.29, 1.82) is 0 Å². The van der Waals surface area contributed by atoms with E-state index in [0.29, 0.717) is 0 Å². The van der Waals surface area contributed by atoms with Crippen LogP contribution in [0.3, 0.4) is 0 Å². The largest absolute Gasteiger partial charge is 0.356 e. The van der Waals surface area contributed by atoms with Crippen molar-refractivity contribution in [2.24, 2.45) is 4.99 Å². The Morgan fingerprint density at radius 2 is 2.39 bits per heavy atom. The summed E-state index contributed by atoms with van der Waals surface area (Å²) < 4.78 is 7.71. The lowest BCUT2D eigenvalue weighted by Gasteiger charge is -2.23. The van der Waals surface area contributed by atoms with Gasteiger partial charge in [0.25, 0.3) is 0 Å². The van der Waals surface area contributed by atoms with Crippen LogP contribution >= 0.6 is 12.2 Å². The molecule has 0 bridgehead atoms. The van der Waals surface area contributed by atoms with Gasteiger partial charge in [0, 0.05) is 12.0 Å². The van der Waals surface area contributed by atoms with Gasteiger partial charge >= 0.3 is 0 Å². The zero-order valence-corrected chi connectivity index (χ0v) is 10.7. The highest BCUT2D eigenvalue weighted by Crippen LogP contribution is 2.27. The molecule has 1 aromatic carbocycles. The predicted molar refractivity (Wildman–Crippen MR) is 73.3 cm³/mol. The van der Waals surface area contributed by atoms with Crippen LogP contribution in [0.4, 0.5) is 5.69 Å². The summed E-state index contributed by atoms with van der Waals surface area (Å²) in [4.78, 5) is 3.98. The van der Waals surface area contributed by atoms with Gasteiger partial charge in [0.15, 0.2) is 6.23 Å². The molecule has 3 rings (SSSR count). The number of rotatable bonds is 2. The van der Waals surface area contributed by atoms with Gasteiger partial charge in [-0.05, 0) is 49.7 Å². The number of hydrogen-bond acceptors (Lipinski definition) is 4. The highest BCUT2D eigenvalue weighted by atomic mass is 32.1. The summed E-state index contributed by atoms with van der Waals surface area (Å²) in [5, 5.41) is 7.85. The number of hydrogen-bond donors (Lipinski definition) is 0. The SMILES string of the molecule is S=C=Nc1ccc2c(cnn2C2CCCCO2)c1. The van der Waals surface area contributed by atoms with Crippen LogP contribution in [0.15, 0.2) is 29.4 Å². The first-order valence-corrected chi connectivity index (χ1v) is 6.46. The Labute approximate surface area is 110 Å². The molecule has 2 aromatic rings. The predicted octanol–water partition coefficient (Wildman–Crippen LogP) is 3.47. The monoisotopic (exact) mass is 259 g/mol. The lowest BCUT2D eigenvalue weighted by molar-refractivity contribution is -0.0366. The maximum atomic E-state index is 5.76. The summed E-state index contributed by atoms with van der Waals surface area (Å²) in [5.74, 6) is 0. The Kier molecular flexibility index (Phi) is 3.19. The van der Waals surface area contributed by atoms with E-state index in [-0.39, 0.29) is 6.23 Å². The van der Waals surface area contributed by atoms with Gasteiger partial charge in [0.1, 0.15) is 0 Å². The van der Waals surface area contributed by atoms with Crippen LogP contribution in [-0.4, -0.2) is 21.5 Å². The van der Waals surface area contributed by atoms with Gasteiger partial charge in [-0.3, -0.25) is 0 Å². The van der Waals surface area contributed by atoms with Gasteiger partial charge in [0.05, 0.1) is 22.6 Å². The Morgan fingerprint density at radius 3 is 3.17 bits per heavy atom. The Bertz CT molecular complexity index is 610.